The van der Waals surface area contributed by atoms with Crippen molar-refractivity contribution < 1.29 is 9.94 Å². The smallest absolute Gasteiger partial charge is 0.112 e. The highest BCUT2D eigenvalue weighted by Crippen LogP contribution is 2.04. The molecule has 0 aromatic heterocycles. The Morgan fingerprint density at radius 1 is 1.40 bits per heavy atom. The van der Waals surface area contributed by atoms with E-state index in [0.29, 0.717) is 12.3 Å². The zero-order chi connectivity index (χ0) is 11.1. The second-order valence-electron chi connectivity index (χ2n) is 3.44. The van der Waals surface area contributed by atoms with Gasteiger partial charge in [-0.25, -0.2) is 0 Å². The van der Waals surface area contributed by atoms with E-state index >= 15 is 0 Å². The third-order valence-electron chi connectivity index (χ3n) is 2.31. The normalized spacial score (nSPS) is 13.9. The fourth-order valence-corrected chi connectivity index (χ4v) is 1.14. The summed E-state index contributed by atoms with van der Waals surface area (Å²) in [7, 11) is 0. The fourth-order valence-electron chi connectivity index (χ4n) is 1.14. The van der Waals surface area contributed by atoms with E-state index in [4.69, 9.17) is 9.94 Å². The van der Waals surface area contributed by atoms with E-state index in [1.165, 1.54) is 0 Å². The predicted octanol–water partition coefficient (Wildman–Crippen LogP) is 2.68. The lowest BCUT2D eigenvalue weighted by Crippen LogP contribution is -2.16. The minimum absolute atomic E-state index is 0.186. The summed E-state index contributed by atoms with van der Waals surface area (Å²) >= 11 is 0. The standard InChI is InChI=1S/C12H17NO2/c1-3-10(2)15-9-12(13-14)11-7-5-4-6-8-11/h4-8,10,14H,3,9H2,1-2H3/b13-12+. The molecule has 0 aliphatic carbocycles. The van der Waals surface area contributed by atoms with Crippen LogP contribution in [0, 0.1) is 0 Å². The molecule has 1 aromatic rings. The summed E-state index contributed by atoms with van der Waals surface area (Å²) in [5.74, 6) is 0. The molecular weight excluding hydrogens is 190 g/mol. The molecule has 0 spiro atoms. The molecule has 3 heteroatoms. The second-order valence-corrected chi connectivity index (χ2v) is 3.44. The predicted molar refractivity (Wildman–Crippen MR) is 60.5 cm³/mol. The van der Waals surface area contributed by atoms with Crippen molar-refractivity contribution in [3.8, 4) is 0 Å². The molecule has 15 heavy (non-hydrogen) atoms. The van der Waals surface area contributed by atoms with Crippen molar-refractivity contribution in [2.45, 2.75) is 26.4 Å². The van der Waals surface area contributed by atoms with E-state index in [-0.39, 0.29) is 6.10 Å². The first kappa shape index (κ1) is 11.7. The molecule has 0 fully saturated rings. The maximum Gasteiger partial charge on any atom is 0.112 e. The molecule has 1 rings (SSSR count). The van der Waals surface area contributed by atoms with Crippen LogP contribution in [0.25, 0.3) is 0 Å². The molecule has 0 amide bonds. The first-order chi connectivity index (χ1) is 7.27. The monoisotopic (exact) mass is 207 g/mol. The Morgan fingerprint density at radius 2 is 2.07 bits per heavy atom. The van der Waals surface area contributed by atoms with Gasteiger partial charge in [0.1, 0.15) is 5.71 Å². The number of hydrogen-bond donors (Lipinski definition) is 1. The van der Waals surface area contributed by atoms with Crippen molar-refractivity contribution in [3.05, 3.63) is 35.9 Å². The van der Waals surface area contributed by atoms with E-state index in [1.807, 2.05) is 37.3 Å². The Kier molecular flexibility index (Phi) is 4.84. The Balaban J connectivity index is 2.59. The highest BCUT2D eigenvalue weighted by atomic mass is 16.5. The zero-order valence-electron chi connectivity index (χ0n) is 9.18. The van der Waals surface area contributed by atoms with Crippen molar-refractivity contribution in [2.24, 2.45) is 5.16 Å². The number of oxime groups is 1. The number of hydrogen-bond acceptors (Lipinski definition) is 3. The minimum atomic E-state index is 0.186. The van der Waals surface area contributed by atoms with E-state index in [0.717, 1.165) is 12.0 Å². The first-order valence-corrected chi connectivity index (χ1v) is 5.15. The van der Waals surface area contributed by atoms with Crippen LogP contribution >= 0.6 is 0 Å². The zero-order valence-corrected chi connectivity index (χ0v) is 9.18. The maximum absolute atomic E-state index is 8.87. The molecule has 0 saturated heterocycles. The van der Waals surface area contributed by atoms with Gasteiger partial charge in [0, 0.05) is 5.56 Å². The van der Waals surface area contributed by atoms with Crippen LogP contribution in [0.3, 0.4) is 0 Å². The van der Waals surface area contributed by atoms with Gasteiger partial charge in [-0.3, -0.25) is 0 Å². The van der Waals surface area contributed by atoms with Crippen LogP contribution in [0.5, 0.6) is 0 Å². The molecule has 1 atom stereocenters. The van der Waals surface area contributed by atoms with Crippen molar-refractivity contribution in [1.29, 1.82) is 0 Å². The molecular formula is C12H17NO2. The quantitative estimate of drug-likeness (QED) is 0.458. The van der Waals surface area contributed by atoms with Crippen LogP contribution in [0.15, 0.2) is 35.5 Å². The average Bonchev–Trinajstić information content (AvgIpc) is 2.31. The van der Waals surface area contributed by atoms with Gasteiger partial charge in [-0.05, 0) is 13.3 Å². The number of ether oxygens (including phenoxy) is 1. The highest BCUT2D eigenvalue weighted by molar-refractivity contribution is 6.01. The number of rotatable bonds is 5. The van der Waals surface area contributed by atoms with Crippen molar-refractivity contribution in [3.63, 3.8) is 0 Å². The van der Waals surface area contributed by atoms with E-state index in [2.05, 4.69) is 12.1 Å². The first-order valence-electron chi connectivity index (χ1n) is 5.15. The Morgan fingerprint density at radius 3 is 2.60 bits per heavy atom. The van der Waals surface area contributed by atoms with Crippen LogP contribution < -0.4 is 0 Å². The summed E-state index contributed by atoms with van der Waals surface area (Å²) in [5, 5.41) is 12.1. The van der Waals surface area contributed by atoms with Crippen molar-refractivity contribution in [1.82, 2.24) is 0 Å². The minimum Gasteiger partial charge on any atom is -0.411 e. The number of nitrogens with zero attached hydrogens (tertiary/aromatic N) is 1. The van der Waals surface area contributed by atoms with E-state index in [1.54, 1.807) is 0 Å². The van der Waals surface area contributed by atoms with Crippen LogP contribution in [-0.2, 0) is 4.74 Å². The molecule has 1 aromatic carbocycles. The van der Waals surface area contributed by atoms with E-state index < -0.39 is 0 Å². The summed E-state index contributed by atoms with van der Waals surface area (Å²) in [6.07, 6.45) is 1.14. The highest BCUT2D eigenvalue weighted by Gasteiger charge is 2.06. The molecule has 1 N–H and O–H groups in total. The average molecular weight is 207 g/mol. The van der Waals surface area contributed by atoms with Crippen molar-refractivity contribution >= 4 is 5.71 Å². The van der Waals surface area contributed by atoms with Gasteiger partial charge in [0.05, 0.1) is 12.7 Å². The van der Waals surface area contributed by atoms with E-state index in [9.17, 15) is 0 Å². The molecule has 0 bridgehead atoms. The van der Waals surface area contributed by atoms with Crippen LogP contribution in [0.4, 0.5) is 0 Å². The van der Waals surface area contributed by atoms with Gasteiger partial charge in [0.2, 0.25) is 0 Å². The SMILES string of the molecule is CCC(C)OC/C(=N\O)c1ccccc1. The molecule has 0 heterocycles. The van der Waals surface area contributed by atoms with Gasteiger partial charge < -0.3 is 9.94 Å². The number of benzene rings is 1. The lowest BCUT2D eigenvalue weighted by Gasteiger charge is -2.11. The van der Waals surface area contributed by atoms with Gasteiger partial charge in [-0.2, -0.15) is 0 Å². The summed E-state index contributed by atoms with van der Waals surface area (Å²) in [4.78, 5) is 0. The lowest BCUT2D eigenvalue weighted by atomic mass is 10.1. The van der Waals surface area contributed by atoms with Crippen LogP contribution in [0.1, 0.15) is 25.8 Å². The summed E-state index contributed by atoms with van der Waals surface area (Å²) < 4.78 is 5.51. The van der Waals surface area contributed by atoms with Gasteiger partial charge in [0.25, 0.3) is 0 Å². The molecule has 0 radical (unpaired) electrons. The molecule has 0 aliphatic heterocycles. The maximum atomic E-state index is 8.87. The Labute approximate surface area is 90.4 Å². The summed E-state index contributed by atoms with van der Waals surface area (Å²) in [6.45, 7) is 4.40. The molecule has 3 nitrogen and oxygen atoms in total. The largest absolute Gasteiger partial charge is 0.411 e. The Bertz CT molecular complexity index is 309. The molecule has 0 saturated carbocycles. The topological polar surface area (TPSA) is 41.8 Å². The van der Waals surface area contributed by atoms with Gasteiger partial charge in [-0.1, -0.05) is 42.4 Å². The van der Waals surface area contributed by atoms with Crippen molar-refractivity contribution in [2.75, 3.05) is 6.61 Å². The van der Waals surface area contributed by atoms with Gasteiger partial charge in [0.15, 0.2) is 0 Å². The third kappa shape index (κ3) is 3.72. The molecule has 0 aliphatic rings. The van der Waals surface area contributed by atoms with Gasteiger partial charge >= 0.3 is 0 Å². The summed E-state index contributed by atoms with van der Waals surface area (Å²) in [6, 6.07) is 9.53. The van der Waals surface area contributed by atoms with Crippen LogP contribution in [-0.4, -0.2) is 23.6 Å². The fraction of sp³-hybridized carbons (Fsp3) is 0.417. The molecule has 82 valence electrons. The van der Waals surface area contributed by atoms with Crippen LogP contribution in [0.2, 0.25) is 0 Å². The Hall–Kier alpha value is -1.35. The van der Waals surface area contributed by atoms with Gasteiger partial charge in [-0.15, -0.1) is 0 Å². The lowest BCUT2D eigenvalue weighted by molar-refractivity contribution is 0.0920. The second kappa shape index (κ2) is 6.19. The third-order valence-corrected chi connectivity index (χ3v) is 2.31. The summed E-state index contributed by atoms with van der Waals surface area (Å²) in [5.41, 5.74) is 1.46. The molecule has 1 unspecified atom stereocenters.